The van der Waals surface area contributed by atoms with Crippen LogP contribution in [0.2, 0.25) is 5.02 Å². The van der Waals surface area contributed by atoms with Crippen molar-refractivity contribution in [1.82, 2.24) is 19.3 Å². The number of fused-ring (bicyclic) bond motifs is 1. The van der Waals surface area contributed by atoms with Gasteiger partial charge in [-0.05, 0) is 31.2 Å². The molecule has 4 aromatic rings. The molecule has 2 aromatic heterocycles. The molecule has 1 N–H and O–H groups in total. The van der Waals surface area contributed by atoms with Crippen LogP contribution in [0.15, 0.2) is 36.7 Å². The zero-order valence-electron chi connectivity index (χ0n) is 14.7. The second-order valence-electron chi connectivity index (χ2n) is 6.27. The first kappa shape index (κ1) is 18.1. The maximum absolute atomic E-state index is 13.8. The highest BCUT2D eigenvalue weighted by Gasteiger charge is 2.23. The summed E-state index contributed by atoms with van der Waals surface area (Å²) in [6.45, 7) is 1.76. The molecule has 6 nitrogen and oxygen atoms in total. The Kier molecular flexibility index (Phi) is 4.15. The molecular weight excluding hydrogens is 390 g/mol. The van der Waals surface area contributed by atoms with Gasteiger partial charge in [-0.2, -0.15) is 5.10 Å². The quantitative estimate of drug-likeness (QED) is 0.552. The van der Waals surface area contributed by atoms with E-state index in [2.05, 4.69) is 10.1 Å². The number of carbonyl (C=O) groups is 1. The van der Waals surface area contributed by atoms with Crippen LogP contribution in [-0.4, -0.2) is 30.4 Å². The first-order valence-electron chi connectivity index (χ1n) is 8.17. The minimum atomic E-state index is -1.29. The fourth-order valence-electron chi connectivity index (χ4n) is 3.37. The zero-order valence-corrected chi connectivity index (χ0v) is 15.5. The average Bonchev–Trinajstić information content (AvgIpc) is 3.14. The number of hydrogen-bond donors (Lipinski definition) is 1. The largest absolute Gasteiger partial charge is 0.478 e. The Morgan fingerprint density at radius 3 is 2.61 bits per heavy atom. The number of rotatable bonds is 3. The maximum Gasteiger partial charge on any atom is 0.338 e. The van der Waals surface area contributed by atoms with Crippen LogP contribution in [0, 0.1) is 18.6 Å². The lowest BCUT2D eigenvalue weighted by Gasteiger charge is -2.12. The van der Waals surface area contributed by atoms with Gasteiger partial charge in [0.25, 0.3) is 0 Å². The van der Waals surface area contributed by atoms with Gasteiger partial charge in [-0.3, -0.25) is 9.25 Å². The highest BCUT2D eigenvalue weighted by molar-refractivity contribution is 6.33. The van der Waals surface area contributed by atoms with Gasteiger partial charge in [0.1, 0.15) is 23.8 Å². The first-order chi connectivity index (χ1) is 13.3. The Balaban J connectivity index is 2.08. The predicted molar refractivity (Wildman–Crippen MR) is 99.9 cm³/mol. The van der Waals surface area contributed by atoms with Crippen molar-refractivity contribution in [3.8, 4) is 16.9 Å². The Morgan fingerprint density at radius 2 is 1.93 bits per heavy atom. The van der Waals surface area contributed by atoms with Crippen LogP contribution in [0.1, 0.15) is 16.1 Å². The highest BCUT2D eigenvalue weighted by atomic mass is 35.5. The maximum atomic E-state index is 13.8. The van der Waals surface area contributed by atoms with E-state index >= 15 is 0 Å². The molecule has 0 saturated carbocycles. The average molecular weight is 403 g/mol. The molecule has 0 unspecified atom stereocenters. The van der Waals surface area contributed by atoms with Crippen molar-refractivity contribution in [1.29, 1.82) is 0 Å². The molecule has 0 bridgehead atoms. The number of benzene rings is 2. The predicted octanol–water partition coefficient (Wildman–Crippen LogP) is 4.36. The standard InChI is InChI=1S/C19H13ClF2N4O2/c1-9-16(12-4-3-10(21)6-14(12)20)18(25(2)24-9)26-8-23-15-7-11(22)5-13(17(15)26)19(27)28/h3-8H,1-2H3,(H,27,28). The number of aromatic carboxylic acids is 1. The molecule has 28 heavy (non-hydrogen) atoms. The molecule has 9 heteroatoms. The van der Waals surface area contributed by atoms with E-state index in [1.54, 1.807) is 18.7 Å². The minimum Gasteiger partial charge on any atom is -0.478 e. The molecule has 0 spiro atoms. The van der Waals surface area contributed by atoms with Crippen LogP contribution in [0.4, 0.5) is 8.78 Å². The van der Waals surface area contributed by atoms with Crippen LogP contribution < -0.4 is 0 Å². The summed E-state index contributed by atoms with van der Waals surface area (Å²) in [5, 5.41) is 14.1. The highest BCUT2D eigenvalue weighted by Crippen LogP contribution is 2.36. The summed E-state index contributed by atoms with van der Waals surface area (Å²) >= 11 is 6.25. The number of halogens is 3. The van der Waals surface area contributed by atoms with Gasteiger partial charge in [-0.1, -0.05) is 11.6 Å². The lowest BCUT2D eigenvalue weighted by atomic mass is 10.1. The second-order valence-corrected chi connectivity index (χ2v) is 6.68. The van der Waals surface area contributed by atoms with Gasteiger partial charge < -0.3 is 5.11 Å². The molecule has 0 aliphatic heterocycles. The van der Waals surface area contributed by atoms with Crippen molar-refractivity contribution >= 4 is 28.6 Å². The Hall–Kier alpha value is -3.26. The van der Waals surface area contributed by atoms with Gasteiger partial charge in [-0.15, -0.1) is 0 Å². The zero-order chi connectivity index (χ0) is 20.2. The van der Waals surface area contributed by atoms with Crippen LogP contribution in [-0.2, 0) is 7.05 Å². The van der Waals surface area contributed by atoms with Crippen LogP contribution in [0.25, 0.3) is 28.0 Å². The van der Waals surface area contributed by atoms with E-state index < -0.39 is 17.6 Å². The van der Waals surface area contributed by atoms with Crippen molar-refractivity contribution in [3.63, 3.8) is 0 Å². The van der Waals surface area contributed by atoms with E-state index in [1.165, 1.54) is 29.1 Å². The summed E-state index contributed by atoms with van der Waals surface area (Å²) in [6.07, 6.45) is 1.40. The summed E-state index contributed by atoms with van der Waals surface area (Å²) in [6, 6.07) is 6.10. The molecule has 4 rings (SSSR count). The van der Waals surface area contributed by atoms with Crippen LogP contribution >= 0.6 is 11.6 Å². The smallest absolute Gasteiger partial charge is 0.338 e. The van der Waals surface area contributed by atoms with Crippen LogP contribution in [0.5, 0.6) is 0 Å². The van der Waals surface area contributed by atoms with E-state index in [0.717, 1.165) is 12.1 Å². The fourth-order valence-corrected chi connectivity index (χ4v) is 3.63. The summed E-state index contributed by atoms with van der Waals surface area (Å²) in [5.41, 5.74) is 1.90. The van der Waals surface area contributed by atoms with Gasteiger partial charge in [0, 0.05) is 24.2 Å². The SMILES string of the molecule is Cc1nn(C)c(-n2cnc3cc(F)cc(C(=O)O)c32)c1-c1ccc(F)cc1Cl. The topological polar surface area (TPSA) is 72.9 Å². The number of nitrogens with zero attached hydrogens (tertiary/aromatic N) is 4. The molecule has 0 aliphatic carbocycles. The van der Waals surface area contributed by atoms with Crippen molar-refractivity contribution in [2.45, 2.75) is 6.92 Å². The number of aromatic nitrogens is 4. The van der Waals surface area contributed by atoms with E-state index in [-0.39, 0.29) is 21.6 Å². The second kappa shape index (κ2) is 6.42. The van der Waals surface area contributed by atoms with Crippen molar-refractivity contribution in [2.75, 3.05) is 0 Å². The lowest BCUT2D eigenvalue weighted by Crippen LogP contribution is -2.07. The van der Waals surface area contributed by atoms with Gasteiger partial charge >= 0.3 is 5.97 Å². The number of aryl methyl sites for hydroxylation is 2. The van der Waals surface area contributed by atoms with E-state index in [1.807, 2.05) is 0 Å². The van der Waals surface area contributed by atoms with Gasteiger partial charge in [0.05, 0.1) is 27.3 Å². The number of imidazole rings is 1. The van der Waals surface area contributed by atoms with E-state index in [4.69, 9.17) is 11.6 Å². The normalized spacial score (nSPS) is 11.3. The summed E-state index contributed by atoms with van der Waals surface area (Å²) in [7, 11) is 1.68. The molecular formula is C19H13ClF2N4O2. The number of carboxylic acid groups (broad SMARTS) is 1. The summed E-state index contributed by atoms with van der Waals surface area (Å²) in [5.74, 6) is -1.99. The Labute approximate surface area is 162 Å². The van der Waals surface area contributed by atoms with Crippen molar-refractivity contribution in [2.24, 2.45) is 7.05 Å². The van der Waals surface area contributed by atoms with Gasteiger partial charge in [0.15, 0.2) is 0 Å². The summed E-state index contributed by atoms with van der Waals surface area (Å²) < 4.78 is 30.4. The molecule has 0 radical (unpaired) electrons. The minimum absolute atomic E-state index is 0.186. The third-order valence-corrected chi connectivity index (χ3v) is 4.77. The molecule has 0 aliphatic rings. The molecule has 142 valence electrons. The summed E-state index contributed by atoms with van der Waals surface area (Å²) in [4.78, 5) is 15.8. The Morgan fingerprint density at radius 1 is 1.18 bits per heavy atom. The van der Waals surface area contributed by atoms with Crippen molar-refractivity contribution < 1.29 is 18.7 Å². The molecule has 2 aromatic carbocycles. The van der Waals surface area contributed by atoms with Crippen LogP contribution in [0.3, 0.4) is 0 Å². The third-order valence-electron chi connectivity index (χ3n) is 4.46. The van der Waals surface area contributed by atoms with Gasteiger partial charge in [0.2, 0.25) is 0 Å². The first-order valence-corrected chi connectivity index (χ1v) is 8.55. The molecule has 0 fully saturated rings. The molecule has 0 atom stereocenters. The van der Waals surface area contributed by atoms with E-state index in [9.17, 15) is 18.7 Å². The molecule has 2 heterocycles. The molecule has 0 saturated heterocycles. The number of carboxylic acids is 1. The Bertz CT molecular complexity index is 1260. The number of hydrogen-bond acceptors (Lipinski definition) is 3. The van der Waals surface area contributed by atoms with Crippen molar-refractivity contribution in [3.05, 3.63) is 64.6 Å². The van der Waals surface area contributed by atoms with E-state index in [0.29, 0.717) is 22.6 Å². The lowest BCUT2D eigenvalue weighted by molar-refractivity contribution is 0.0698. The fraction of sp³-hybridized carbons (Fsp3) is 0.105. The third kappa shape index (κ3) is 2.73. The monoisotopic (exact) mass is 402 g/mol. The molecule has 0 amide bonds. The van der Waals surface area contributed by atoms with Gasteiger partial charge in [-0.25, -0.2) is 18.6 Å².